The van der Waals surface area contributed by atoms with Crippen LogP contribution in [0, 0.1) is 5.92 Å². The van der Waals surface area contributed by atoms with Gasteiger partial charge in [0.05, 0.1) is 29.7 Å². The van der Waals surface area contributed by atoms with Crippen molar-refractivity contribution in [1.29, 1.82) is 0 Å². The second-order valence-corrected chi connectivity index (χ2v) is 10.4. The summed E-state index contributed by atoms with van der Waals surface area (Å²) in [4.78, 5) is 9.34. The number of hydrogen-bond acceptors (Lipinski definition) is 7. The molecule has 1 aliphatic carbocycles. The summed E-state index contributed by atoms with van der Waals surface area (Å²) in [5, 5.41) is 8.62. The molecule has 9 nitrogen and oxygen atoms in total. The molecule has 1 aromatic carbocycles. The summed E-state index contributed by atoms with van der Waals surface area (Å²) in [7, 11) is -3.51. The van der Waals surface area contributed by atoms with Crippen LogP contribution in [0.5, 0.6) is 0 Å². The van der Waals surface area contributed by atoms with E-state index >= 15 is 0 Å². The first-order valence-electron chi connectivity index (χ1n) is 11.2. The number of sulfonamides is 1. The number of anilines is 2. The largest absolute Gasteiger partial charge is 0.379 e. The van der Waals surface area contributed by atoms with Crippen molar-refractivity contribution in [2.75, 3.05) is 31.6 Å². The lowest BCUT2D eigenvalue weighted by Crippen LogP contribution is -2.40. The molecule has 170 valence electrons. The van der Waals surface area contributed by atoms with Crippen molar-refractivity contribution in [2.24, 2.45) is 5.92 Å². The maximum Gasteiger partial charge on any atom is 0.243 e. The van der Waals surface area contributed by atoms with Crippen molar-refractivity contribution in [3.8, 4) is 0 Å². The molecule has 3 heterocycles. The fourth-order valence-electron chi connectivity index (χ4n) is 4.45. The number of rotatable bonds is 6. The second kappa shape index (κ2) is 9.13. The van der Waals surface area contributed by atoms with Gasteiger partial charge in [0.2, 0.25) is 16.0 Å². The maximum absolute atomic E-state index is 12.8. The lowest BCUT2D eigenvalue weighted by molar-refractivity contribution is 0.0730. The highest BCUT2D eigenvalue weighted by molar-refractivity contribution is 7.89. The molecule has 0 radical (unpaired) electrons. The highest BCUT2D eigenvalue weighted by Gasteiger charge is 2.26. The van der Waals surface area contributed by atoms with Gasteiger partial charge in [-0.2, -0.15) is 14.4 Å². The average Bonchev–Trinajstić information content (AvgIpc) is 3.22. The molecule has 2 aromatic heterocycles. The van der Waals surface area contributed by atoms with Crippen LogP contribution in [0.15, 0.2) is 41.6 Å². The van der Waals surface area contributed by atoms with Gasteiger partial charge in [0.1, 0.15) is 0 Å². The molecule has 1 aliphatic heterocycles. The minimum atomic E-state index is -3.51. The molecule has 0 amide bonds. The van der Waals surface area contributed by atoms with Crippen LogP contribution in [0.4, 0.5) is 11.6 Å². The Morgan fingerprint density at radius 2 is 1.78 bits per heavy atom. The van der Waals surface area contributed by atoms with Gasteiger partial charge in [-0.05, 0) is 43.0 Å². The highest BCUT2D eigenvalue weighted by Crippen LogP contribution is 2.26. The van der Waals surface area contributed by atoms with E-state index in [4.69, 9.17) is 4.74 Å². The molecule has 1 saturated carbocycles. The Hall–Kier alpha value is -2.56. The minimum absolute atomic E-state index is 0.270. The van der Waals surface area contributed by atoms with E-state index in [2.05, 4.69) is 20.4 Å². The normalized spacial score (nSPS) is 18.8. The average molecular weight is 457 g/mol. The maximum atomic E-state index is 12.8. The number of aromatic nitrogens is 4. The van der Waals surface area contributed by atoms with E-state index in [-0.39, 0.29) is 4.90 Å². The van der Waals surface area contributed by atoms with Gasteiger partial charge in [-0.1, -0.05) is 19.3 Å². The quantitative estimate of drug-likeness (QED) is 0.608. The monoisotopic (exact) mass is 456 g/mol. The molecule has 1 N–H and O–H groups in total. The third-order valence-corrected chi connectivity index (χ3v) is 8.16. The van der Waals surface area contributed by atoms with Crippen LogP contribution in [-0.2, 0) is 21.3 Å². The summed E-state index contributed by atoms with van der Waals surface area (Å²) in [6.45, 7) is 2.50. The Balaban J connectivity index is 1.31. The summed E-state index contributed by atoms with van der Waals surface area (Å²) in [5.74, 6) is 1.12. The molecular formula is C22H28N6O3S. The Morgan fingerprint density at radius 3 is 2.53 bits per heavy atom. The molecule has 2 fully saturated rings. The molecule has 0 unspecified atom stereocenters. The van der Waals surface area contributed by atoms with E-state index in [1.165, 1.54) is 36.4 Å². The summed E-state index contributed by atoms with van der Waals surface area (Å²) < 4.78 is 34.3. The summed E-state index contributed by atoms with van der Waals surface area (Å²) in [6, 6.07) is 6.69. The fourth-order valence-corrected chi connectivity index (χ4v) is 5.86. The summed E-state index contributed by atoms with van der Waals surface area (Å²) >= 11 is 0. The van der Waals surface area contributed by atoms with Crippen molar-refractivity contribution in [3.63, 3.8) is 0 Å². The van der Waals surface area contributed by atoms with Gasteiger partial charge in [0.25, 0.3) is 0 Å². The van der Waals surface area contributed by atoms with E-state index in [0.29, 0.717) is 38.2 Å². The number of fused-ring (bicyclic) bond motifs is 1. The lowest BCUT2D eigenvalue weighted by atomic mass is 9.89. The van der Waals surface area contributed by atoms with Gasteiger partial charge in [-0.25, -0.2) is 18.1 Å². The van der Waals surface area contributed by atoms with Gasteiger partial charge < -0.3 is 10.1 Å². The predicted octanol–water partition coefficient (Wildman–Crippen LogP) is 3.17. The molecule has 2 aliphatic rings. The van der Waals surface area contributed by atoms with Crippen molar-refractivity contribution in [1.82, 2.24) is 24.1 Å². The van der Waals surface area contributed by atoms with E-state index in [9.17, 15) is 8.42 Å². The molecule has 1 saturated heterocycles. The predicted molar refractivity (Wildman–Crippen MR) is 121 cm³/mol. The van der Waals surface area contributed by atoms with Gasteiger partial charge in [0.15, 0.2) is 5.65 Å². The Kier molecular flexibility index (Phi) is 6.07. The smallest absolute Gasteiger partial charge is 0.243 e. The number of morpholine rings is 1. The van der Waals surface area contributed by atoms with Crippen LogP contribution >= 0.6 is 0 Å². The van der Waals surface area contributed by atoms with Crippen LogP contribution in [0.2, 0.25) is 0 Å². The van der Waals surface area contributed by atoms with Gasteiger partial charge in [0, 0.05) is 31.5 Å². The number of nitrogens with zero attached hydrogens (tertiary/aromatic N) is 5. The lowest BCUT2D eigenvalue weighted by Gasteiger charge is -2.26. The Bertz CT molecular complexity index is 1170. The molecule has 10 heteroatoms. The van der Waals surface area contributed by atoms with Gasteiger partial charge in [-0.3, -0.25) is 0 Å². The van der Waals surface area contributed by atoms with Gasteiger partial charge in [-0.15, -0.1) is 0 Å². The summed E-state index contributed by atoms with van der Waals surface area (Å²) in [5.41, 5.74) is 1.54. The van der Waals surface area contributed by atoms with Gasteiger partial charge >= 0.3 is 0 Å². The third-order valence-electron chi connectivity index (χ3n) is 6.25. The van der Waals surface area contributed by atoms with E-state index in [0.717, 1.165) is 23.3 Å². The molecule has 0 spiro atoms. The number of hydrogen-bond donors (Lipinski definition) is 1. The van der Waals surface area contributed by atoms with Crippen molar-refractivity contribution < 1.29 is 13.2 Å². The first kappa shape index (κ1) is 21.3. The second-order valence-electron chi connectivity index (χ2n) is 8.47. The van der Waals surface area contributed by atoms with Crippen molar-refractivity contribution >= 4 is 32.7 Å². The zero-order chi connectivity index (χ0) is 22.0. The van der Waals surface area contributed by atoms with Crippen LogP contribution in [0.25, 0.3) is 11.0 Å². The number of nitrogens with one attached hydrogen (secondary N) is 1. The van der Waals surface area contributed by atoms with Crippen molar-refractivity contribution in [2.45, 2.75) is 43.5 Å². The van der Waals surface area contributed by atoms with Crippen molar-refractivity contribution in [3.05, 3.63) is 36.7 Å². The first-order chi connectivity index (χ1) is 15.6. The molecule has 32 heavy (non-hydrogen) atoms. The van der Waals surface area contributed by atoms with Crippen LogP contribution < -0.4 is 5.32 Å². The minimum Gasteiger partial charge on any atom is -0.379 e. The Labute approximate surface area is 187 Å². The zero-order valence-electron chi connectivity index (χ0n) is 18.0. The molecule has 5 rings (SSSR count). The zero-order valence-corrected chi connectivity index (χ0v) is 18.8. The van der Waals surface area contributed by atoms with E-state index in [1.807, 2.05) is 10.9 Å². The van der Waals surface area contributed by atoms with Crippen LogP contribution in [-0.4, -0.2) is 58.8 Å². The highest BCUT2D eigenvalue weighted by atomic mass is 32.2. The molecular weight excluding hydrogens is 428 g/mol. The van der Waals surface area contributed by atoms with E-state index < -0.39 is 10.0 Å². The van der Waals surface area contributed by atoms with Crippen LogP contribution in [0.3, 0.4) is 0 Å². The number of benzene rings is 1. The number of ether oxygens (including phenoxy) is 1. The third kappa shape index (κ3) is 4.48. The first-order valence-corrected chi connectivity index (χ1v) is 12.7. The van der Waals surface area contributed by atoms with E-state index in [1.54, 1.807) is 30.5 Å². The molecule has 3 aromatic rings. The SMILES string of the molecule is O=S(=O)(c1ccc(Nc2ncc3cnn(CC4CCCCC4)c3n2)cc1)N1CCOCC1. The topological polar surface area (TPSA) is 102 Å². The Morgan fingerprint density at radius 1 is 1.03 bits per heavy atom. The summed E-state index contributed by atoms with van der Waals surface area (Å²) in [6.07, 6.45) is 10.00. The fraction of sp³-hybridized carbons (Fsp3) is 0.500. The molecule has 0 bridgehead atoms. The van der Waals surface area contributed by atoms with Crippen LogP contribution in [0.1, 0.15) is 32.1 Å². The molecule has 0 atom stereocenters. The standard InChI is InChI=1S/C22H28N6O3S/c29-32(30,27-10-12-31-13-11-27)20-8-6-19(7-9-20)25-22-23-14-18-15-24-28(21(18)26-22)16-17-4-2-1-3-5-17/h6-9,14-15,17H,1-5,10-13,16H2,(H,23,25,26).